The summed E-state index contributed by atoms with van der Waals surface area (Å²) in [6, 6.07) is 4.35. The fraction of sp³-hybridized carbons (Fsp3) is 0.100. The third-order valence-corrected chi connectivity index (χ3v) is 3.76. The number of nitrogens with zero attached hydrogens (tertiary/aromatic N) is 2. The summed E-state index contributed by atoms with van der Waals surface area (Å²) >= 11 is 10.3. The summed E-state index contributed by atoms with van der Waals surface area (Å²) in [5, 5.41) is 10.7. The maximum Gasteiger partial charge on any atom is 0.273 e. The van der Waals surface area contributed by atoms with Gasteiger partial charge in [0.2, 0.25) is 0 Å². The van der Waals surface area contributed by atoms with Crippen LogP contribution in [0.25, 0.3) is 0 Å². The van der Waals surface area contributed by atoms with Gasteiger partial charge in [0.25, 0.3) is 5.69 Å². The number of nitro benzene ring substituents is 1. The summed E-state index contributed by atoms with van der Waals surface area (Å²) in [6.07, 6.45) is 1.61. The number of halogens is 2. The van der Waals surface area contributed by atoms with E-state index >= 15 is 0 Å². The number of nitro groups is 1. The minimum atomic E-state index is -0.469. The van der Waals surface area contributed by atoms with Crippen molar-refractivity contribution < 1.29 is 9.66 Å². The Morgan fingerprint density at radius 1 is 1.56 bits per heavy atom. The van der Waals surface area contributed by atoms with Crippen LogP contribution in [0, 0.1) is 10.1 Å². The molecule has 0 bridgehead atoms. The summed E-state index contributed by atoms with van der Waals surface area (Å²) in [7, 11) is 0. The van der Waals surface area contributed by atoms with E-state index in [2.05, 4.69) is 20.9 Å². The third-order valence-electron chi connectivity index (χ3n) is 2.02. The largest absolute Gasteiger partial charge is 0.487 e. The average molecular weight is 350 g/mol. The lowest BCUT2D eigenvalue weighted by Gasteiger charge is -2.06. The van der Waals surface area contributed by atoms with E-state index in [1.165, 1.54) is 23.5 Å². The molecule has 0 radical (unpaired) electrons. The van der Waals surface area contributed by atoms with Gasteiger partial charge in [-0.1, -0.05) is 11.6 Å². The SMILES string of the molecule is O=[N+]([O-])c1ccc(Br)c(OCc2cnc(Cl)s2)c1. The zero-order valence-electron chi connectivity index (χ0n) is 8.80. The molecule has 0 spiro atoms. The second-order valence-corrected chi connectivity index (χ2v) is 5.79. The normalized spacial score (nSPS) is 10.3. The smallest absolute Gasteiger partial charge is 0.273 e. The summed E-state index contributed by atoms with van der Waals surface area (Å²) in [5.74, 6) is 0.411. The molecular formula is C10H6BrClN2O3S. The highest BCUT2D eigenvalue weighted by Crippen LogP contribution is 2.30. The van der Waals surface area contributed by atoms with Gasteiger partial charge in [0, 0.05) is 12.3 Å². The second kappa shape index (κ2) is 5.64. The molecular weight excluding hydrogens is 344 g/mol. The zero-order valence-corrected chi connectivity index (χ0v) is 12.0. The van der Waals surface area contributed by atoms with Crippen LogP contribution >= 0.6 is 38.9 Å². The van der Waals surface area contributed by atoms with Gasteiger partial charge in [0.15, 0.2) is 4.47 Å². The van der Waals surface area contributed by atoms with Crippen molar-refractivity contribution in [2.24, 2.45) is 0 Å². The number of hydrogen-bond donors (Lipinski definition) is 0. The first-order valence-electron chi connectivity index (χ1n) is 4.73. The van der Waals surface area contributed by atoms with Crippen molar-refractivity contribution in [2.75, 3.05) is 0 Å². The van der Waals surface area contributed by atoms with Crippen LogP contribution in [-0.2, 0) is 6.61 Å². The Bertz CT molecular complexity index is 590. The monoisotopic (exact) mass is 348 g/mol. The predicted octanol–water partition coefficient (Wildman–Crippen LogP) is 4.05. The molecule has 0 fully saturated rings. The number of rotatable bonds is 4. The van der Waals surface area contributed by atoms with Crippen LogP contribution in [-0.4, -0.2) is 9.91 Å². The van der Waals surface area contributed by atoms with Gasteiger partial charge in [-0.25, -0.2) is 4.98 Å². The molecule has 2 rings (SSSR count). The lowest BCUT2D eigenvalue weighted by atomic mass is 10.3. The van der Waals surface area contributed by atoms with Gasteiger partial charge in [-0.3, -0.25) is 10.1 Å². The van der Waals surface area contributed by atoms with E-state index in [0.717, 1.165) is 4.88 Å². The van der Waals surface area contributed by atoms with Gasteiger partial charge in [-0.2, -0.15) is 0 Å². The second-order valence-electron chi connectivity index (χ2n) is 3.24. The van der Waals surface area contributed by atoms with E-state index in [9.17, 15) is 10.1 Å². The zero-order chi connectivity index (χ0) is 13.1. The van der Waals surface area contributed by atoms with Gasteiger partial charge in [-0.05, 0) is 22.0 Å². The fourth-order valence-corrected chi connectivity index (χ4v) is 2.47. The van der Waals surface area contributed by atoms with Crippen molar-refractivity contribution >= 4 is 44.6 Å². The van der Waals surface area contributed by atoms with Gasteiger partial charge < -0.3 is 4.74 Å². The number of thiazole rings is 1. The van der Waals surface area contributed by atoms with Gasteiger partial charge in [-0.15, -0.1) is 11.3 Å². The maximum atomic E-state index is 10.7. The van der Waals surface area contributed by atoms with E-state index < -0.39 is 4.92 Å². The van der Waals surface area contributed by atoms with Gasteiger partial charge in [0.1, 0.15) is 12.4 Å². The Kier molecular flexibility index (Phi) is 4.15. The van der Waals surface area contributed by atoms with Gasteiger partial charge >= 0.3 is 0 Å². The molecule has 2 aromatic rings. The molecule has 1 heterocycles. The molecule has 5 nitrogen and oxygen atoms in total. The first kappa shape index (κ1) is 13.3. The first-order chi connectivity index (χ1) is 8.56. The van der Waals surface area contributed by atoms with Crippen LogP contribution in [0.3, 0.4) is 0 Å². The molecule has 94 valence electrons. The quantitative estimate of drug-likeness (QED) is 0.617. The topological polar surface area (TPSA) is 65.3 Å². The highest BCUT2D eigenvalue weighted by atomic mass is 79.9. The molecule has 0 N–H and O–H groups in total. The number of hydrogen-bond acceptors (Lipinski definition) is 5. The minimum Gasteiger partial charge on any atom is -0.487 e. The summed E-state index contributed by atoms with van der Waals surface area (Å²) < 4.78 is 6.58. The summed E-state index contributed by atoms with van der Waals surface area (Å²) in [5.41, 5.74) is -0.0180. The minimum absolute atomic E-state index is 0.0180. The van der Waals surface area contributed by atoms with Crippen molar-refractivity contribution in [1.82, 2.24) is 4.98 Å². The van der Waals surface area contributed by atoms with Crippen LogP contribution in [0.2, 0.25) is 4.47 Å². The predicted molar refractivity (Wildman–Crippen MR) is 72.3 cm³/mol. The first-order valence-corrected chi connectivity index (χ1v) is 6.72. The molecule has 0 aliphatic carbocycles. The maximum absolute atomic E-state index is 10.7. The van der Waals surface area contributed by atoms with Crippen molar-refractivity contribution in [3.05, 3.63) is 48.3 Å². The van der Waals surface area contributed by atoms with Crippen molar-refractivity contribution in [3.63, 3.8) is 0 Å². The number of ether oxygens (including phenoxy) is 1. The molecule has 0 unspecified atom stereocenters. The summed E-state index contributed by atoms with van der Waals surface area (Å²) in [4.78, 5) is 14.9. The highest BCUT2D eigenvalue weighted by molar-refractivity contribution is 9.10. The lowest BCUT2D eigenvalue weighted by Crippen LogP contribution is -1.95. The Labute approximate surface area is 120 Å². The third kappa shape index (κ3) is 3.18. The molecule has 18 heavy (non-hydrogen) atoms. The number of benzene rings is 1. The van der Waals surface area contributed by atoms with Crippen molar-refractivity contribution in [1.29, 1.82) is 0 Å². The number of non-ortho nitro benzene ring substituents is 1. The summed E-state index contributed by atoms with van der Waals surface area (Å²) in [6.45, 7) is 0.268. The van der Waals surface area contributed by atoms with Crippen LogP contribution in [0.1, 0.15) is 4.88 Å². The van der Waals surface area contributed by atoms with E-state index in [-0.39, 0.29) is 12.3 Å². The Morgan fingerprint density at radius 2 is 2.33 bits per heavy atom. The molecule has 0 saturated heterocycles. The van der Waals surface area contributed by atoms with E-state index in [4.69, 9.17) is 16.3 Å². The average Bonchev–Trinajstić information content (AvgIpc) is 2.74. The van der Waals surface area contributed by atoms with E-state index in [1.807, 2.05) is 0 Å². The molecule has 0 amide bonds. The lowest BCUT2D eigenvalue weighted by molar-refractivity contribution is -0.385. The highest BCUT2D eigenvalue weighted by Gasteiger charge is 2.11. The van der Waals surface area contributed by atoms with Crippen LogP contribution in [0.15, 0.2) is 28.9 Å². The molecule has 0 aliphatic rings. The number of aromatic nitrogens is 1. The molecule has 1 aromatic carbocycles. The van der Waals surface area contributed by atoms with Crippen molar-refractivity contribution in [3.8, 4) is 5.75 Å². The Hall–Kier alpha value is -1.18. The van der Waals surface area contributed by atoms with Crippen LogP contribution < -0.4 is 4.74 Å². The van der Waals surface area contributed by atoms with Gasteiger partial charge in [0.05, 0.1) is 20.3 Å². The fourth-order valence-electron chi connectivity index (χ4n) is 1.22. The Morgan fingerprint density at radius 3 is 2.94 bits per heavy atom. The molecule has 0 atom stereocenters. The Balaban J connectivity index is 2.13. The van der Waals surface area contributed by atoms with Crippen LogP contribution in [0.4, 0.5) is 5.69 Å². The molecule has 0 aliphatic heterocycles. The van der Waals surface area contributed by atoms with Crippen LogP contribution in [0.5, 0.6) is 5.75 Å². The molecule has 0 saturated carbocycles. The standard InChI is InChI=1S/C10H6BrClN2O3S/c11-8-2-1-6(14(15)16)3-9(8)17-5-7-4-13-10(12)18-7/h1-4H,5H2. The van der Waals surface area contributed by atoms with E-state index in [1.54, 1.807) is 12.3 Å². The molecule has 1 aromatic heterocycles. The van der Waals surface area contributed by atoms with Crippen molar-refractivity contribution in [2.45, 2.75) is 6.61 Å². The van der Waals surface area contributed by atoms with E-state index in [0.29, 0.717) is 14.7 Å². The molecule has 8 heteroatoms.